The van der Waals surface area contributed by atoms with Gasteiger partial charge in [0, 0.05) is 30.3 Å². The summed E-state index contributed by atoms with van der Waals surface area (Å²) in [7, 11) is 0. The van der Waals surface area contributed by atoms with E-state index in [1.165, 1.54) is 44.9 Å². The van der Waals surface area contributed by atoms with Crippen molar-refractivity contribution in [3.8, 4) is 11.5 Å². The Bertz CT molecular complexity index is 1330. The van der Waals surface area contributed by atoms with Gasteiger partial charge < -0.3 is 26.3 Å². The van der Waals surface area contributed by atoms with Crippen molar-refractivity contribution in [2.75, 3.05) is 18.0 Å². The van der Waals surface area contributed by atoms with Gasteiger partial charge in [0.2, 0.25) is 5.91 Å². The largest absolute Gasteiger partial charge is 0.490 e. The van der Waals surface area contributed by atoms with E-state index in [9.17, 15) is 4.79 Å². The lowest BCUT2D eigenvalue weighted by Gasteiger charge is -2.63. The number of nitrogens with one attached hydrogen (secondary N) is 1. The highest BCUT2D eigenvalue weighted by Gasteiger charge is 2.63. The summed E-state index contributed by atoms with van der Waals surface area (Å²) in [5.41, 5.74) is 14.1. The molecule has 0 radical (unpaired) electrons. The highest BCUT2D eigenvalue weighted by Crippen LogP contribution is 2.68. The predicted octanol–water partition coefficient (Wildman–Crippen LogP) is 9.04. The molecule has 4 saturated carbocycles. The summed E-state index contributed by atoms with van der Waals surface area (Å²) in [6.07, 6.45) is 15.1. The highest BCUT2D eigenvalue weighted by atomic mass is 16.5. The molecule has 2 aromatic rings. The molecule has 5 N–H and O–H groups in total. The van der Waals surface area contributed by atoms with Crippen LogP contribution in [0.25, 0.3) is 0 Å². The van der Waals surface area contributed by atoms with Crippen LogP contribution in [0.15, 0.2) is 48.5 Å². The van der Waals surface area contributed by atoms with Crippen LogP contribution in [-0.2, 0) is 4.79 Å². The number of hydrogen-bond donors (Lipinski definition) is 3. The van der Waals surface area contributed by atoms with Gasteiger partial charge in [-0.25, -0.2) is 0 Å². The van der Waals surface area contributed by atoms with Gasteiger partial charge in [-0.15, -0.1) is 0 Å². The van der Waals surface area contributed by atoms with E-state index in [0.717, 1.165) is 73.4 Å². The average Bonchev–Trinajstić information content (AvgIpc) is 3.42. The first-order chi connectivity index (χ1) is 22.6. The van der Waals surface area contributed by atoms with Gasteiger partial charge in [-0.2, -0.15) is 0 Å². The molecule has 10 atom stereocenters. The van der Waals surface area contributed by atoms with Crippen LogP contribution >= 0.6 is 0 Å². The van der Waals surface area contributed by atoms with Crippen molar-refractivity contribution in [2.45, 2.75) is 123 Å². The molecule has 0 aromatic heterocycles. The third-order valence-electron chi connectivity index (χ3n) is 13.6. The molecule has 258 valence electrons. The molecule has 0 heterocycles. The number of benzene rings is 2. The summed E-state index contributed by atoms with van der Waals surface area (Å²) in [6, 6.07) is 15.9. The Kier molecular flexibility index (Phi) is 10.3. The Morgan fingerprint density at radius 3 is 2.15 bits per heavy atom. The van der Waals surface area contributed by atoms with Gasteiger partial charge in [-0.3, -0.25) is 4.79 Å². The molecule has 0 saturated heterocycles. The van der Waals surface area contributed by atoms with Crippen molar-refractivity contribution in [3.05, 3.63) is 48.5 Å². The van der Waals surface area contributed by atoms with Crippen LogP contribution < -0.4 is 26.3 Å². The van der Waals surface area contributed by atoms with Crippen molar-refractivity contribution in [1.82, 2.24) is 5.32 Å². The zero-order valence-corrected chi connectivity index (χ0v) is 29.5. The quantitative estimate of drug-likeness (QED) is 0.158. The lowest BCUT2D eigenvalue weighted by atomic mass is 9.43. The number of nitrogen functional groups attached to an aromatic ring is 2. The number of unbranched alkanes of at least 4 members (excludes halogenated alkanes) is 2. The lowest BCUT2D eigenvalue weighted by molar-refractivity contribution is -0.164. The van der Waals surface area contributed by atoms with Crippen molar-refractivity contribution < 1.29 is 14.3 Å². The van der Waals surface area contributed by atoms with Crippen LogP contribution in [0.2, 0.25) is 0 Å². The lowest BCUT2D eigenvalue weighted by Crippen LogP contribution is -2.59. The molecule has 6 rings (SSSR count). The second kappa shape index (κ2) is 14.3. The van der Waals surface area contributed by atoms with E-state index in [1.807, 2.05) is 48.5 Å². The van der Waals surface area contributed by atoms with Crippen LogP contribution in [0.4, 0.5) is 11.4 Å². The maximum absolute atomic E-state index is 12.6. The minimum Gasteiger partial charge on any atom is -0.490 e. The third-order valence-corrected chi connectivity index (χ3v) is 13.6. The Labute approximate surface area is 284 Å². The number of anilines is 2. The van der Waals surface area contributed by atoms with Crippen molar-refractivity contribution in [3.63, 3.8) is 0 Å². The molecule has 4 aliphatic carbocycles. The number of hydrogen-bond acceptors (Lipinski definition) is 5. The molecule has 3 unspecified atom stereocenters. The number of fused-ring (bicyclic) bond motifs is 5. The molecule has 0 spiro atoms. The molecule has 0 bridgehead atoms. The monoisotopic (exact) mass is 643 g/mol. The fourth-order valence-corrected chi connectivity index (χ4v) is 11.2. The zero-order chi connectivity index (χ0) is 33.2. The normalized spacial score (nSPS) is 35.2. The van der Waals surface area contributed by atoms with Crippen molar-refractivity contribution in [2.24, 2.45) is 46.3 Å². The first-order valence-electron chi connectivity index (χ1n) is 18.9. The van der Waals surface area contributed by atoms with Gasteiger partial charge >= 0.3 is 0 Å². The SMILES string of the molecule is CCCCCNC(=O)CC[C@@H](C)[C@H]1CC[C@H]2[C@@H]3CC(Oc4ccc(N)cc4)C4CC(Oc5ccc(N)cc5)CC[C@]4(C)[C@H]3CC[C@]12C. The summed E-state index contributed by atoms with van der Waals surface area (Å²) in [5.74, 6) is 5.87. The molecule has 0 aliphatic heterocycles. The number of nitrogens with two attached hydrogens (primary N) is 2. The van der Waals surface area contributed by atoms with Gasteiger partial charge in [0.05, 0.1) is 6.10 Å². The van der Waals surface area contributed by atoms with E-state index in [0.29, 0.717) is 35.5 Å². The Morgan fingerprint density at radius 1 is 0.830 bits per heavy atom. The fourth-order valence-electron chi connectivity index (χ4n) is 11.2. The first-order valence-corrected chi connectivity index (χ1v) is 18.9. The molecular weight excluding hydrogens is 582 g/mol. The Balaban J connectivity index is 1.18. The smallest absolute Gasteiger partial charge is 0.220 e. The highest BCUT2D eigenvalue weighted by molar-refractivity contribution is 5.75. The third kappa shape index (κ3) is 7.13. The Hall–Kier alpha value is -2.89. The van der Waals surface area contributed by atoms with E-state index in [-0.39, 0.29) is 23.5 Å². The molecule has 47 heavy (non-hydrogen) atoms. The van der Waals surface area contributed by atoms with E-state index >= 15 is 0 Å². The molecular formula is C41H61N3O3. The van der Waals surface area contributed by atoms with Crippen LogP contribution in [0.3, 0.4) is 0 Å². The number of amides is 1. The van der Waals surface area contributed by atoms with Crippen LogP contribution in [-0.4, -0.2) is 24.7 Å². The molecule has 2 aromatic carbocycles. The van der Waals surface area contributed by atoms with Gasteiger partial charge in [-0.05, 0) is 153 Å². The maximum atomic E-state index is 12.6. The van der Waals surface area contributed by atoms with Crippen LogP contribution in [0, 0.1) is 46.3 Å². The summed E-state index contributed by atoms with van der Waals surface area (Å²) in [5, 5.41) is 3.17. The minimum atomic E-state index is 0.151. The standard InChI is InChI=1S/C41H61N3O3/c1-5-6-7-24-44-39(45)19-8-27(2)34-17-18-35-33-26-38(47-31-15-11-29(43)12-16-31)37-25-32(46-30-13-9-28(42)10-14-30)20-22-41(37,4)36(33)21-23-40(34,35)3/h9-16,27,32-38H,5-8,17-26,42-43H2,1-4H3,(H,44,45)/t27-,32?,33+,34-,35+,36+,37?,38?,40-,41-/m1/s1. The van der Waals surface area contributed by atoms with Gasteiger partial charge in [0.15, 0.2) is 0 Å². The van der Waals surface area contributed by atoms with E-state index in [2.05, 4.69) is 33.0 Å². The minimum absolute atomic E-state index is 0.151. The second-order valence-corrected chi connectivity index (χ2v) is 16.3. The molecule has 6 nitrogen and oxygen atoms in total. The number of rotatable bonds is 12. The van der Waals surface area contributed by atoms with Gasteiger partial charge in [0.25, 0.3) is 0 Å². The molecule has 1 amide bonds. The summed E-state index contributed by atoms with van der Waals surface area (Å²) >= 11 is 0. The number of carbonyl (C=O) groups is 1. The zero-order valence-electron chi connectivity index (χ0n) is 29.5. The van der Waals surface area contributed by atoms with Gasteiger partial charge in [-0.1, -0.05) is 40.5 Å². The first kappa shape index (κ1) is 34.0. The number of carbonyl (C=O) groups excluding carboxylic acids is 1. The molecule has 4 aliphatic rings. The van der Waals surface area contributed by atoms with Gasteiger partial charge in [0.1, 0.15) is 17.6 Å². The average molecular weight is 644 g/mol. The van der Waals surface area contributed by atoms with Crippen LogP contribution in [0.1, 0.15) is 111 Å². The van der Waals surface area contributed by atoms with Crippen LogP contribution in [0.5, 0.6) is 11.5 Å². The molecule has 4 fully saturated rings. The van der Waals surface area contributed by atoms with Crippen molar-refractivity contribution >= 4 is 17.3 Å². The Morgan fingerprint density at radius 2 is 1.47 bits per heavy atom. The number of ether oxygens (including phenoxy) is 2. The maximum Gasteiger partial charge on any atom is 0.220 e. The summed E-state index contributed by atoms with van der Waals surface area (Å²) in [6.45, 7) is 10.7. The molecule has 6 heteroatoms. The van der Waals surface area contributed by atoms with Crippen molar-refractivity contribution in [1.29, 1.82) is 0 Å². The summed E-state index contributed by atoms with van der Waals surface area (Å²) in [4.78, 5) is 12.6. The van der Waals surface area contributed by atoms with E-state index in [4.69, 9.17) is 20.9 Å². The topological polar surface area (TPSA) is 99.6 Å². The van der Waals surface area contributed by atoms with E-state index in [1.54, 1.807) is 0 Å². The summed E-state index contributed by atoms with van der Waals surface area (Å²) < 4.78 is 13.6. The van der Waals surface area contributed by atoms with E-state index < -0.39 is 0 Å². The predicted molar refractivity (Wildman–Crippen MR) is 192 cm³/mol. The second-order valence-electron chi connectivity index (χ2n) is 16.3. The fraction of sp³-hybridized carbons (Fsp3) is 0.683.